The number of ether oxygens (including phenoxy) is 5. The molecule has 0 aromatic heterocycles. The van der Waals surface area contributed by atoms with Gasteiger partial charge in [-0.25, -0.2) is 0 Å². The molecule has 3 aromatic rings. The van der Waals surface area contributed by atoms with Crippen molar-refractivity contribution in [1.82, 2.24) is 0 Å². The van der Waals surface area contributed by atoms with E-state index >= 15 is 0 Å². The van der Waals surface area contributed by atoms with E-state index in [1.54, 1.807) is 21.3 Å². The van der Waals surface area contributed by atoms with Crippen molar-refractivity contribution in [1.29, 1.82) is 0 Å². The number of hydrogen-bond donors (Lipinski definition) is 0. The van der Waals surface area contributed by atoms with Gasteiger partial charge in [0, 0.05) is 10.8 Å². The van der Waals surface area contributed by atoms with E-state index in [9.17, 15) is 0 Å². The zero-order chi connectivity index (χ0) is 16.8. The summed E-state index contributed by atoms with van der Waals surface area (Å²) in [6, 6.07) is 8.01. The molecule has 6 heteroatoms. The fourth-order valence-electron chi connectivity index (χ4n) is 3.14. The second kappa shape index (κ2) is 5.63. The van der Waals surface area contributed by atoms with Crippen LogP contribution in [0.15, 0.2) is 28.7 Å². The summed E-state index contributed by atoms with van der Waals surface area (Å²) < 4.78 is 28.6. The molecular formula is C18H15BrO5. The van der Waals surface area contributed by atoms with Crippen molar-refractivity contribution < 1.29 is 23.7 Å². The van der Waals surface area contributed by atoms with Crippen molar-refractivity contribution in [2.45, 2.75) is 0 Å². The summed E-state index contributed by atoms with van der Waals surface area (Å²) in [5.41, 5.74) is 0. The molecule has 0 spiro atoms. The van der Waals surface area contributed by atoms with Gasteiger partial charge in [-0.3, -0.25) is 0 Å². The third kappa shape index (κ3) is 1.99. The predicted molar refractivity (Wildman–Crippen MR) is 94.9 cm³/mol. The summed E-state index contributed by atoms with van der Waals surface area (Å²) in [7, 11) is 4.82. The highest BCUT2D eigenvalue weighted by Crippen LogP contribution is 2.52. The molecule has 1 heterocycles. The number of methoxy groups -OCH3 is 3. The summed E-state index contributed by atoms with van der Waals surface area (Å²) >= 11 is 3.63. The summed E-state index contributed by atoms with van der Waals surface area (Å²) in [5, 5.41) is 3.92. The number of hydrogen-bond acceptors (Lipinski definition) is 5. The minimum Gasteiger partial charge on any atom is -0.492 e. The van der Waals surface area contributed by atoms with Crippen LogP contribution in [0.5, 0.6) is 28.7 Å². The van der Waals surface area contributed by atoms with Gasteiger partial charge in [-0.1, -0.05) is 12.1 Å². The van der Waals surface area contributed by atoms with Gasteiger partial charge in [0.2, 0.25) is 12.5 Å². The predicted octanol–water partition coefficient (Wildman–Crippen LogP) is 4.51. The number of fused-ring (bicyclic) bond motifs is 4. The van der Waals surface area contributed by atoms with E-state index in [0.717, 1.165) is 37.5 Å². The molecular weight excluding hydrogens is 376 g/mol. The molecule has 0 radical (unpaired) electrons. The van der Waals surface area contributed by atoms with Crippen LogP contribution in [0, 0.1) is 0 Å². The molecule has 124 valence electrons. The Labute approximate surface area is 147 Å². The van der Waals surface area contributed by atoms with E-state index in [1.165, 1.54) is 0 Å². The Morgan fingerprint density at radius 3 is 2.17 bits per heavy atom. The number of rotatable bonds is 3. The molecule has 5 nitrogen and oxygen atoms in total. The second-order valence-corrected chi connectivity index (χ2v) is 6.12. The summed E-state index contributed by atoms with van der Waals surface area (Å²) in [6.07, 6.45) is 0. The highest BCUT2D eigenvalue weighted by Gasteiger charge is 2.24. The normalized spacial score (nSPS) is 12.7. The zero-order valence-electron chi connectivity index (χ0n) is 13.4. The van der Waals surface area contributed by atoms with Gasteiger partial charge in [0.05, 0.1) is 25.8 Å². The fraction of sp³-hybridized carbons (Fsp3) is 0.222. The second-order valence-electron chi connectivity index (χ2n) is 5.33. The van der Waals surface area contributed by atoms with Crippen LogP contribution in [0.3, 0.4) is 0 Å². The Kier molecular flexibility index (Phi) is 3.57. The Balaban J connectivity index is 2.21. The Hall–Kier alpha value is -2.34. The first-order valence-electron chi connectivity index (χ1n) is 7.33. The lowest BCUT2D eigenvalue weighted by molar-refractivity contribution is 0.174. The van der Waals surface area contributed by atoms with Crippen LogP contribution in [0.25, 0.3) is 21.5 Å². The highest BCUT2D eigenvalue weighted by molar-refractivity contribution is 9.10. The molecule has 24 heavy (non-hydrogen) atoms. The molecule has 0 fully saturated rings. The lowest BCUT2D eigenvalue weighted by Gasteiger charge is -2.18. The van der Waals surface area contributed by atoms with Crippen LogP contribution in [0.4, 0.5) is 0 Å². The first-order valence-corrected chi connectivity index (χ1v) is 8.12. The highest BCUT2D eigenvalue weighted by atomic mass is 79.9. The summed E-state index contributed by atoms with van der Waals surface area (Å²) in [6.45, 7) is 0.238. The lowest BCUT2D eigenvalue weighted by Crippen LogP contribution is -1.98. The molecule has 1 aliphatic rings. The average molecular weight is 391 g/mol. The van der Waals surface area contributed by atoms with Crippen LogP contribution < -0.4 is 23.7 Å². The van der Waals surface area contributed by atoms with Crippen molar-refractivity contribution in [3.05, 3.63) is 28.7 Å². The van der Waals surface area contributed by atoms with Gasteiger partial charge in [-0.05, 0) is 38.8 Å². The van der Waals surface area contributed by atoms with Crippen molar-refractivity contribution in [2.75, 3.05) is 28.1 Å². The first-order chi connectivity index (χ1) is 11.7. The maximum Gasteiger partial charge on any atom is 0.231 e. The van der Waals surface area contributed by atoms with Gasteiger partial charge in [0.15, 0.2) is 23.0 Å². The van der Waals surface area contributed by atoms with Gasteiger partial charge in [0.25, 0.3) is 0 Å². The number of benzene rings is 3. The third-order valence-corrected chi connectivity index (χ3v) is 4.99. The van der Waals surface area contributed by atoms with E-state index in [0.29, 0.717) is 17.2 Å². The fourth-order valence-corrected chi connectivity index (χ4v) is 3.81. The van der Waals surface area contributed by atoms with Gasteiger partial charge in [0.1, 0.15) is 0 Å². The van der Waals surface area contributed by atoms with Crippen LogP contribution in [0.1, 0.15) is 0 Å². The van der Waals surface area contributed by atoms with Crippen molar-refractivity contribution >= 4 is 37.5 Å². The quantitative estimate of drug-likeness (QED) is 0.615. The third-order valence-electron chi connectivity index (χ3n) is 4.20. The maximum absolute atomic E-state index is 5.68. The van der Waals surface area contributed by atoms with Crippen molar-refractivity contribution in [3.63, 3.8) is 0 Å². The zero-order valence-corrected chi connectivity index (χ0v) is 15.0. The first kappa shape index (κ1) is 15.2. The van der Waals surface area contributed by atoms with Crippen LogP contribution in [-0.2, 0) is 0 Å². The van der Waals surface area contributed by atoms with E-state index in [-0.39, 0.29) is 6.79 Å². The smallest absolute Gasteiger partial charge is 0.231 e. The molecule has 0 aliphatic carbocycles. The molecule has 0 unspecified atom stereocenters. The molecule has 0 saturated carbocycles. The lowest BCUT2D eigenvalue weighted by atomic mass is 9.99. The minimum atomic E-state index is 0.238. The molecule has 0 N–H and O–H groups in total. The van der Waals surface area contributed by atoms with Crippen molar-refractivity contribution in [2.24, 2.45) is 0 Å². The van der Waals surface area contributed by atoms with Crippen molar-refractivity contribution in [3.8, 4) is 28.7 Å². The van der Waals surface area contributed by atoms with Gasteiger partial charge in [-0.2, -0.15) is 0 Å². The molecule has 0 saturated heterocycles. The maximum atomic E-state index is 5.68. The molecule has 3 aromatic carbocycles. The van der Waals surface area contributed by atoms with Crippen LogP contribution in [-0.4, -0.2) is 28.1 Å². The van der Waals surface area contributed by atoms with E-state index in [4.69, 9.17) is 23.7 Å². The standard InChI is InChI=1S/C18H15BrO5/c1-20-16-14-10(15(19)17(21-2)18(16)22-3)5-4-9-6-12-13(7-11(9)14)24-8-23-12/h4-7H,8H2,1-3H3. The molecule has 0 atom stereocenters. The molecule has 0 amide bonds. The van der Waals surface area contributed by atoms with Gasteiger partial charge in [-0.15, -0.1) is 0 Å². The minimum absolute atomic E-state index is 0.238. The van der Waals surface area contributed by atoms with E-state index < -0.39 is 0 Å². The Bertz CT molecular complexity index is 967. The number of halogens is 1. The average Bonchev–Trinajstić information content (AvgIpc) is 3.06. The Morgan fingerprint density at radius 1 is 0.833 bits per heavy atom. The van der Waals surface area contributed by atoms with Gasteiger partial charge >= 0.3 is 0 Å². The largest absolute Gasteiger partial charge is 0.492 e. The van der Waals surface area contributed by atoms with E-state index in [1.807, 2.05) is 24.3 Å². The summed E-state index contributed by atoms with van der Waals surface area (Å²) in [5.74, 6) is 3.24. The summed E-state index contributed by atoms with van der Waals surface area (Å²) in [4.78, 5) is 0. The SMILES string of the molecule is COc1c(OC)c(OC)c2c(ccc3cc4c(cc32)OCO4)c1Br. The van der Waals surface area contributed by atoms with Gasteiger partial charge < -0.3 is 23.7 Å². The molecule has 4 rings (SSSR count). The van der Waals surface area contributed by atoms with Crippen LogP contribution in [0.2, 0.25) is 0 Å². The van der Waals surface area contributed by atoms with E-state index in [2.05, 4.69) is 15.9 Å². The molecule has 1 aliphatic heterocycles. The monoisotopic (exact) mass is 390 g/mol. The van der Waals surface area contributed by atoms with Crippen LogP contribution >= 0.6 is 15.9 Å². The topological polar surface area (TPSA) is 46.2 Å². The molecule has 0 bridgehead atoms. The Morgan fingerprint density at radius 2 is 1.50 bits per heavy atom.